The van der Waals surface area contributed by atoms with E-state index in [4.69, 9.17) is 4.74 Å². The summed E-state index contributed by atoms with van der Waals surface area (Å²) >= 11 is 0. The molecule has 1 saturated heterocycles. The highest BCUT2D eigenvalue weighted by molar-refractivity contribution is 5.84. The Morgan fingerprint density at radius 3 is 2.72 bits per heavy atom. The molecular formula is C25H25N5O2. The number of rotatable bonds is 6. The highest BCUT2D eigenvalue weighted by Gasteiger charge is 2.34. The van der Waals surface area contributed by atoms with Crippen LogP contribution in [0.1, 0.15) is 11.1 Å². The van der Waals surface area contributed by atoms with Crippen LogP contribution in [-0.4, -0.2) is 40.7 Å². The van der Waals surface area contributed by atoms with E-state index in [0.29, 0.717) is 19.6 Å². The maximum Gasteiger partial charge on any atom is 0.226 e. The number of methoxy groups -OCH3 is 1. The molecule has 2 aromatic carbocycles. The van der Waals surface area contributed by atoms with E-state index in [2.05, 4.69) is 45.4 Å². The van der Waals surface area contributed by atoms with Crippen molar-refractivity contribution in [3.63, 3.8) is 0 Å². The van der Waals surface area contributed by atoms with E-state index in [1.54, 1.807) is 13.4 Å². The number of anilines is 1. The largest absolute Gasteiger partial charge is 0.497 e. The fourth-order valence-electron chi connectivity index (χ4n) is 3.98. The van der Waals surface area contributed by atoms with Gasteiger partial charge in [-0.2, -0.15) is 5.10 Å². The normalized spacial score (nSPS) is 13.8. The molecule has 0 radical (unpaired) electrons. The van der Waals surface area contributed by atoms with E-state index in [1.165, 1.54) is 5.56 Å². The smallest absolute Gasteiger partial charge is 0.226 e. The van der Waals surface area contributed by atoms with Gasteiger partial charge in [-0.15, -0.1) is 0 Å². The molecule has 0 spiro atoms. The molecule has 0 saturated carbocycles. The predicted molar refractivity (Wildman–Crippen MR) is 124 cm³/mol. The molecule has 32 heavy (non-hydrogen) atoms. The SMILES string of the molecule is COc1cccc(-c2cc3c(N4CC(C(=O)NCc5ccc(C)cc5)C4)ncnn3c2)c1. The van der Waals surface area contributed by atoms with Gasteiger partial charge in [0.2, 0.25) is 5.91 Å². The van der Waals surface area contributed by atoms with Gasteiger partial charge in [0.15, 0.2) is 5.82 Å². The third-order valence-corrected chi connectivity index (χ3v) is 5.93. The van der Waals surface area contributed by atoms with Crippen molar-refractivity contribution in [2.45, 2.75) is 13.5 Å². The van der Waals surface area contributed by atoms with Crippen LogP contribution >= 0.6 is 0 Å². The first kappa shape index (κ1) is 20.1. The van der Waals surface area contributed by atoms with Crippen molar-refractivity contribution in [1.82, 2.24) is 19.9 Å². The monoisotopic (exact) mass is 427 g/mol. The van der Waals surface area contributed by atoms with Gasteiger partial charge in [-0.05, 0) is 36.2 Å². The summed E-state index contributed by atoms with van der Waals surface area (Å²) in [5.74, 6) is 1.70. The molecule has 1 aliphatic heterocycles. The van der Waals surface area contributed by atoms with Crippen LogP contribution < -0.4 is 15.0 Å². The Kier molecular flexibility index (Phi) is 5.23. The van der Waals surface area contributed by atoms with Crippen LogP contribution in [0, 0.1) is 12.8 Å². The van der Waals surface area contributed by atoms with Gasteiger partial charge in [0.1, 0.15) is 17.6 Å². The second-order valence-corrected chi connectivity index (χ2v) is 8.18. The molecule has 7 nitrogen and oxygen atoms in total. The zero-order chi connectivity index (χ0) is 22.1. The lowest BCUT2D eigenvalue weighted by Gasteiger charge is -2.39. The standard InChI is InChI=1S/C25H25N5O2/c1-17-6-8-18(9-7-17)12-26-25(31)21-13-29(14-21)24-23-11-20(15-30(23)28-16-27-24)19-4-3-5-22(10-19)32-2/h3-11,15-16,21H,12-14H2,1-2H3,(H,26,31). The first-order valence-corrected chi connectivity index (χ1v) is 10.7. The molecule has 1 fully saturated rings. The van der Waals surface area contributed by atoms with E-state index in [0.717, 1.165) is 33.8 Å². The number of carbonyl (C=O) groups is 1. The van der Waals surface area contributed by atoms with Gasteiger partial charge in [0, 0.05) is 31.4 Å². The minimum Gasteiger partial charge on any atom is -0.497 e. The lowest BCUT2D eigenvalue weighted by atomic mass is 9.99. The van der Waals surface area contributed by atoms with Crippen LogP contribution in [-0.2, 0) is 11.3 Å². The highest BCUT2D eigenvalue weighted by Crippen LogP contribution is 2.31. The molecule has 1 amide bonds. The van der Waals surface area contributed by atoms with E-state index >= 15 is 0 Å². The first-order chi connectivity index (χ1) is 15.6. The van der Waals surface area contributed by atoms with Gasteiger partial charge in [0.05, 0.1) is 13.0 Å². The number of ether oxygens (including phenoxy) is 1. The molecule has 3 heterocycles. The van der Waals surface area contributed by atoms with Crippen LogP contribution in [0.2, 0.25) is 0 Å². The van der Waals surface area contributed by atoms with Crippen molar-refractivity contribution in [2.24, 2.45) is 5.92 Å². The van der Waals surface area contributed by atoms with Crippen LogP contribution in [0.4, 0.5) is 5.82 Å². The number of aryl methyl sites for hydroxylation is 1. The summed E-state index contributed by atoms with van der Waals surface area (Å²) in [6.45, 7) is 3.90. The number of hydrogen-bond donors (Lipinski definition) is 1. The van der Waals surface area contributed by atoms with E-state index in [9.17, 15) is 4.79 Å². The lowest BCUT2D eigenvalue weighted by Crippen LogP contribution is -2.54. The molecule has 162 valence electrons. The van der Waals surface area contributed by atoms with Crippen molar-refractivity contribution >= 4 is 17.2 Å². The Balaban J connectivity index is 1.27. The third-order valence-electron chi connectivity index (χ3n) is 5.93. The zero-order valence-corrected chi connectivity index (χ0v) is 18.2. The molecule has 0 atom stereocenters. The predicted octanol–water partition coefficient (Wildman–Crippen LogP) is 3.47. The van der Waals surface area contributed by atoms with Crippen molar-refractivity contribution in [3.05, 3.63) is 78.2 Å². The Morgan fingerprint density at radius 1 is 1.12 bits per heavy atom. The number of nitrogens with zero attached hydrogens (tertiary/aromatic N) is 4. The maximum atomic E-state index is 12.6. The fourth-order valence-corrected chi connectivity index (χ4v) is 3.98. The molecule has 1 N–H and O–H groups in total. The summed E-state index contributed by atoms with van der Waals surface area (Å²) in [5.41, 5.74) is 5.34. The molecule has 0 bridgehead atoms. The number of amides is 1. The number of aromatic nitrogens is 3. The van der Waals surface area contributed by atoms with Crippen LogP contribution in [0.15, 0.2) is 67.1 Å². The van der Waals surface area contributed by atoms with Crippen LogP contribution in [0.3, 0.4) is 0 Å². The van der Waals surface area contributed by atoms with Crippen LogP contribution in [0.5, 0.6) is 5.75 Å². The minimum atomic E-state index is -0.0386. The van der Waals surface area contributed by atoms with E-state index < -0.39 is 0 Å². The van der Waals surface area contributed by atoms with Crippen molar-refractivity contribution in [2.75, 3.05) is 25.1 Å². The van der Waals surface area contributed by atoms with Crippen molar-refractivity contribution in [1.29, 1.82) is 0 Å². The van der Waals surface area contributed by atoms with Crippen molar-refractivity contribution in [3.8, 4) is 16.9 Å². The average molecular weight is 428 g/mol. The first-order valence-electron chi connectivity index (χ1n) is 10.7. The van der Waals surface area contributed by atoms with Crippen LogP contribution in [0.25, 0.3) is 16.6 Å². The minimum absolute atomic E-state index is 0.0386. The average Bonchev–Trinajstić information content (AvgIpc) is 3.23. The third kappa shape index (κ3) is 3.89. The molecule has 0 unspecified atom stereocenters. The number of nitrogens with one attached hydrogen (secondary N) is 1. The molecule has 0 aliphatic carbocycles. The van der Waals surface area contributed by atoms with Gasteiger partial charge in [-0.25, -0.2) is 9.50 Å². The molecular weight excluding hydrogens is 402 g/mol. The number of benzene rings is 2. The maximum absolute atomic E-state index is 12.6. The summed E-state index contributed by atoms with van der Waals surface area (Å²) in [4.78, 5) is 19.2. The number of hydrogen-bond acceptors (Lipinski definition) is 5. The van der Waals surface area contributed by atoms with Crippen molar-refractivity contribution < 1.29 is 9.53 Å². The number of carbonyl (C=O) groups excluding carboxylic acids is 1. The topological polar surface area (TPSA) is 71.8 Å². The highest BCUT2D eigenvalue weighted by atomic mass is 16.5. The summed E-state index contributed by atoms with van der Waals surface area (Å²) in [7, 11) is 1.66. The fraction of sp³-hybridized carbons (Fsp3) is 0.240. The molecule has 2 aromatic heterocycles. The quantitative estimate of drug-likeness (QED) is 0.510. The van der Waals surface area contributed by atoms with E-state index in [-0.39, 0.29) is 11.8 Å². The Hall–Kier alpha value is -3.87. The van der Waals surface area contributed by atoms with Gasteiger partial charge in [-0.1, -0.05) is 42.0 Å². The molecule has 4 aromatic rings. The van der Waals surface area contributed by atoms with E-state index in [1.807, 2.05) is 47.1 Å². The Morgan fingerprint density at radius 2 is 1.94 bits per heavy atom. The van der Waals surface area contributed by atoms with Gasteiger partial charge >= 0.3 is 0 Å². The second-order valence-electron chi connectivity index (χ2n) is 8.18. The lowest BCUT2D eigenvalue weighted by molar-refractivity contribution is -0.125. The molecule has 7 heteroatoms. The Bertz CT molecular complexity index is 1260. The molecule has 5 rings (SSSR count). The van der Waals surface area contributed by atoms with Gasteiger partial charge in [-0.3, -0.25) is 4.79 Å². The summed E-state index contributed by atoms with van der Waals surface area (Å²) in [6.07, 6.45) is 3.54. The summed E-state index contributed by atoms with van der Waals surface area (Å²) < 4.78 is 7.18. The Labute approximate surface area is 186 Å². The zero-order valence-electron chi connectivity index (χ0n) is 18.2. The second kappa shape index (κ2) is 8.34. The number of fused-ring (bicyclic) bond motifs is 1. The summed E-state index contributed by atoms with van der Waals surface area (Å²) in [5, 5.41) is 7.41. The molecule has 1 aliphatic rings. The van der Waals surface area contributed by atoms with Gasteiger partial charge < -0.3 is 15.0 Å². The van der Waals surface area contributed by atoms with Gasteiger partial charge in [0.25, 0.3) is 0 Å². The summed E-state index contributed by atoms with van der Waals surface area (Å²) in [6, 6.07) is 18.2.